The minimum atomic E-state index is -0.759. The van der Waals surface area contributed by atoms with Crippen LogP contribution in [0.5, 0.6) is 0 Å². The van der Waals surface area contributed by atoms with E-state index in [1.54, 1.807) is 0 Å². The van der Waals surface area contributed by atoms with Gasteiger partial charge in [-0.25, -0.2) is 9.29 Å². The van der Waals surface area contributed by atoms with Crippen LogP contribution in [0.4, 0.5) is 4.39 Å². The van der Waals surface area contributed by atoms with Gasteiger partial charge in [-0.1, -0.05) is 30.3 Å². The second-order valence-electron chi connectivity index (χ2n) is 7.89. The summed E-state index contributed by atoms with van der Waals surface area (Å²) in [6, 6.07) is 13.9. The number of amides is 2. The van der Waals surface area contributed by atoms with Crippen molar-refractivity contribution in [3.8, 4) is 0 Å². The fourth-order valence-electron chi connectivity index (χ4n) is 3.70. The minimum Gasteiger partial charge on any atom is -0.351 e. The number of benzene rings is 2. The van der Waals surface area contributed by atoms with Gasteiger partial charge in [-0.05, 0) is 42.7 Å². The number of halogens is 1. The van der Waals surface area contributed by atoms with Crippen molar-refractivity contribution in [2.24, 2.45) is 0 Å². The van der Waals surface area contributed by atoms with Gasteiger partial charge in [-0.15, -0.1) is 0 Å². The van der Waals surface area contributed by atoms with Gasteiger partial charge in [0.1, 0.15) is 11.9 Å². The maximum absolute atomic E-state index is 13.2. The Morgan fingerprint density at radius 3 is 2.35 bits per heavy atom. The van der Waals surface area contributed by atoms with E-state index in [9.17, 15) is 18.9 Å². The number of hydrogen-bond acceptors (Lipinski definition) is 4. The lowest BCUT2D eigenvalue weighted by Crippen LogP contribution is -2.53. The van der Waals surface area contributed by atoms with Crippen LogP contribution in [0, 0.1) is 10.7 Å². The molecular weight excluding hydrogens is 399 g/mol. The zero-order valence-electron chi connectivity index (χ0n) is 17.6. The molecule has 0 saturated carbocycles. The quantitative estimate of drug-likeness (QED) is 0.633. The normalized spacial score (nSPS) is 15.8. The lowest BCUT2D eigenvalue weighted by Gasteiger charge is -2.31. The van der Waals surface area contributed by atoms with E-state index in [2.05, 4.69) is 10.6 Å². The number of hydrogen-bond donors (Lipinski definition) is 2. The molecule has 1 aliphatic rings. The van der Waals surface area contributed by atoms with Crippen molar-refractivity contribution < 1.29 is 18.7 Å². The molecule has 0 bridgehead atoms. The van der Waals surface area contributed by atoms with Crippen LogP contribution in [-0.2, 0) is 11.2 Å². The highest BCUT2D eigenvalue weighted by atomic mass is 19.1. The number of carbonyl (C=O) groups is 2. The summed E-state index contributed by atoms with van der Waals surface area (Å²) < 4.78 is 14.1. The van der Waals surface area contributed by atoms with Gasteiger partial charge < -0.3 is 10.6 Å². The molecule has 3 rings (SSSR count). The molecule has 2 N–H and O–H groups in total. The minimum absolute atomic E-state index is 0.0123. The summed E-state index contributed by atoms with van der Waals surface area (Å²) in [6.07, 6.45) is 1.83. The van der Waals surface area contributed by atoms with E-state index in [1.807, 2.05) is 35.2 Å². The maximum atomic E-state index is 13.2. The molecule has 1 heterocycles. The lowest BCUT2D eigenvalue weighted by atomic mass is 10.0. The predicted octanol–water partition coefficient (Wildman–Crippen LogP) is 2.11. The number of nitroso groups, excluding NO2 is 1. The number of carbonyl (C=O) groups excluding carboxylic acids is 2. The average Bonchev–Trinajstić information content (AvgIpc) is 2.75. The average molecular weight is 428 g/mol. The van der Waals surface area contributed by atoms with Crippen LogP contribution in [0.1, 0.15) is 28.8 Å². The Labute approximate surface area is 181 Å². The first-order valence-corrected chi connectivity index (χ1v) is 10.4. The molecule has 0 spiro atoms. The van der Waals surface area contributed by atoms with Crippen molar-refractivity contribution in [3.05, 3.63) is 76.4 Å². The Hall–Kier alpha value is -3.13. The van der Waals surface area contributed by atoms with Crippen LogP contribution in [-0.4, -0.2) is 60.4 Å². The molecule has 1 aliphatic heterocycles. The summed E-state index contributed by atoms with van der Waals surface area (Å²) in [4.78, 5) is 38.9. The molecule has 1 atom stereocenters. The van der Waals surface area contributed by atoms with E-state index in [4.69, 9.17) is 0 Å². The summed E-state index contributed by atoms with van der Waals surface area (Å²) in [7, 11) is 1.49. The van der Waals surface area contributed by atoms with Crippen LogP contribution in [0.25, 0.3) is 0 Å². The van der Waals surface area contributed by atoms with E-state index in [1.165, 1.54) is 31.3 Å². The van der Waals surface area contributed by atoms with Crippen molar-refractivity contribution in [2.75, 3.05) is 26.8 Å². The molecule has 164 valence electrons. The highest BCUT2D eigenvalue weighted by Gasteiger charge is 2.27. The number of piperidine rings is 1. The first-order valence-electron chi connectivity index (χ1n) is 10.4. The molecule has 7 nitrogen and oxygen atoms in total. The van der Waals surface area contributed by atoms with Crippen molar-refractivity contribution in [1.29, 1.82) is 0 Å². The van der Waals surface area contributed by atoms with Gasteiger partial charge in [0, 0.05) is 40.8 Å². The molecule has 31 heavy (non-hydrogen) atoms. The molecule has 1 fully saturated rings. The Morgan fingerprint density at radius 1 is 1.10 bits per heavy atom. The lowest BCUT2D eigenvalue weighted by molar-refractivity contribution is -0.541. The van der Waals surface area contributed by atoms with Gasteiger partial charge in [-0.3, -0.25) is 9.59 Å². The summed E-state index contributed by atoms with van der Waals surface area (Å²) >= 11 is 0. The second kappa shape index (κ2) is 10.8. The maximum Gasteiger partial charge on any atom is 0.251 e. The summed E-state index contributed by atoms with van der Waals surface area (Å²) in [5, 5.41) is 5.84. The molecule has 0 aliphatic carbocycles. The largest absolute Gasteiger partial charge is 0.351 e. The molecule has 8 heteroatoms. The zero-order chi connectivity index (χ0) is 22.2. The Kier molecular flexibility index (Phi) is 7.83. The molecule has 0 aromatic heterocycles. The summed E-state index contributed by atoms with van der Waals surface area (Å²) in [6.45, 7) is 1.80. The Bertz CT molecular complexity index is 897. The fourth-order valence-corrected chi connectivity index (χ4v) is 3.70. The van der Waals surface area contributed by atoms with Crippen molar-refractivity contribution in [2.45, 2.75) is 31.3 Å². The van der Waals surface area contributed by atoms with Crippen molar-refractivity contribution in [1.82, 2.24) is 15.5 Å². The van der Waals surface area contributed by atoms with Crippen molar-refractivity contribution >= 4 is 11.8 Å². The number of rotatable bonds is 8. The highest BCUT2D eigenvalue weighted by molar-refractivity contribution is 5.97. The van der Waals surface area contributed by atoms with E-state index in [-0.39, 0.29) is 11.9 Å². The third-order valence-corrected chi connectivity index (χ3v) is 5.34. The first kappa shape index (κ1) is 22.6. The van der Waals surface area contributed by atoms with E-state index >= 15 is 0 Å². The predicted molar refractivity (Wildman–Crippen MR) is 115 cm³/mol. The Morgan fingerprint density at radius 2 is 1.74 bits per heavy atom. The van der Waals surface area contributed by atoms with Crippen LogP contribution in [0.15, 0.2) is 54.6 Å². The first-order chi connectivity index (χ1) is 14.9. The van der Waals surface area contributed by atoms with Gasteiger partial charge >= 0.3 is 0 Å². The van der Waals surface area contributed by atoms with Gasteiger partial charge in [0.15, 0.2) is 7.05 Å². The molecule has 0 unspecified atom stereocenters. The van der Waals surface area contributed by atoms with E-state index in [0.717, 1.165) is 36.3 Å². The smallest absolute Gasteiger partial charge is 0.251 e. The second-order valence-corrected chi connectivity index (χ2v) is 7.89. The SMILES string of the molecule is C[N+](=O)CN1CCC(NC(=O)[C@H](Cc2ccccc2)NC(=O)c2ccc(F)cc2)CC1. The third-order valence-electron chi connectivity index (χ3n) is 5.34. The third kappa shape index (κ3) is 6.96. The van der Waals surface area contributed by atoms with Crippen LogP contribution >= 0.6 is 0 Å². The highest BCUT2D eigenvalue weighted by Crippen LogP contribution is 2.12. The number of likely N-dealkylation sites (tertiary alicyclic amines) is 1. The topological polar surface area (TPSA) is 81.5 Å². The van der Waals surface area contributed by atoms with Crippen molar-refractivity contribution in [3.63, 3.8) is 0 Å². The monoisotopic (exact) mass is 427 g/mol. The van der Waals surface area contributed by atoms with Crippen LogP contribution in [0.3, 0.4) is 0 Å². The fraction of sp³-hybridized carbons (Fsp3) is 0.391. The van der Waals surface area contributed by atoms with Crippen LogP contribution < -0.4 is 10.6 Å². The summed E-state index contributed by atoms with van der Waals surface area (Å²) in [5.74, 6) is -1.10. The number of nitrogens with zero attached hydrogens (tertiary/aromatic N) is 2. The van der Waals surface area contributed by atoms with E-state index < -0.39 is 17.8 Å². The Balaban J connectivity index is 1.64. The van der Waals surface area contributed by atoms with Gasteiger partial charge in [0.25, 0.3) is 5.91 Å². The molecule has 2 aromatic rings. The summed E-state index contributed by atoms with van der Waals surface area (Å²) in [5.41, 5.74) is 1.22. The molecule has 2 aromatic carbocycles. The van der Waals surface area contributed by atoms with Gasteiger partial charge in [0.05, 0.1) is 0 Å². The molecule has 0 radical (unpaired) electrons. The van der Waals surface area contributed by atoms with Crippen LogP contribution in [0.2, 0.25) is 0 Å². The molecule has 2 amide bonds. The molecular formula is C23H28FN4O3+. The van der Waals surface area contributed by atoms with Gasteiger partial charge in [-0.2, -0.15) is 0 Å². The van der Waals surface area contributed by atoms with Gasteiger partial charge in [0.2, 0.25) is 12.6 Å². The standard InChI is InChI=1S/C23H27FN4O3/c1-27(31)16-28-13-11-20(12-14-28)25-23(30)21(15-17-5-3-2-4-6-17)26-22(29)18-7-9-19(24)10-8-18/h2-10,20-21H,11-16H2,1H3,(H-,25,26,29,30)/p+1/t21-/m0/s1. The number of nitrogens with one attached hydrogen (secondary N) is 2. The van der Waals surface area contributed by atoms with E-state index in [0.29, 0.717) is 18.7 Å². The molecule has 1 saturated heterocycles. The zero-order valence-corrected chi connectivity index (χ0v) is 17.6.